The number of aliphatic hydroxyl groups excluding tert-OH is 1. The number of aromatic amines is 1. The summed E-state index contributed by atoms with van der Waals surface area (Å²) in [6, 6.07) is 0. The van der Waals surface area contributed by atoms with Crippen LogP contribution in [0.25, 0.3) is 0 Å². The van der Waals surface area contributed by atoms with Crippen molar-refractivity contribution >= 4 is 5.91 Å². The van der Waals surface area contributed by atoms with Crippen molar-refractivity contribution in [1.29, 1.82) is 0 Å². The van der Waals surface area contributed by atoms with E-state index in [0.29, 0.717) is 0 Å². The van der Waals surface area contributed by atoms with Crippen molar-refractivity contribution in [3.05, 3.63) is 5.82 Å². The Morgan fingerprint density at radius 1 is 1.64 bits per heavy atom. The zero-order chi connectivity index (χ0) is 10.8. The number of nitrogens with zero attached hydrogens (tertiary/aromatic N) is 4. The van der Waals surface area contributed by atoms with E-state index in [1.165, 1.54) is 4.90 Å². The second kappa shape index (κ2) is 3.70. The number of aromatic nitrogens is 4. The Bertz CT molecular complexity index is 308. The maximum absolute atomic E-state index is 11.6. The highest BCUT2D eigenvalue weighted by molar-refractivity contribution is 5.90. The van der Waals surface area contributed by atoms with Crippen molar-refractivity contribution in [1.82, 2.24) is 25.5 Å². The monoisotopic (exact) mass is 199 g/mol. The summed E-state index contributed by atoms with van der Waals surface area (Å²) in [6.07, 6.45) is 0. The zero-order valence-corrected chi connectivity index (χ0v) is 8.35. The number of tetrazole rings is 1. The molecule has 0 atom stereocenters. The third kappa shape index (κ3) is 1.87. The Labute approximate surface area is 81.1 Å². The van der Waals surface area contributed by atoms with Gasteiger partial charge in [0.15, 0.2) is 0 Å². The minimum Gasteiger partial charge on any atom is -0.394 e. The molecule has 0 saturated heterocycles. The molecule has 7 nitrogen and oxygen atoms in total. The third-order valence-corrected chi connectivity index (χ3v) is 2.14. The van der Waals surface area contributed by atoms with Crippen LogP contribution in [0.3, 0.4) is 0 Å². The molecule has 1 rings (SSSR count). The van der Waals surface area contributed by atoms with Gasteiger partial charge in [-0.05, 0) is 19.1 Å². The van der Waals surface area contributed by atoms with Gasteiger partial charge < -0.3 is 10.0 Å². The Hall–Kier alpha value is -1.50. The number of H-pyrrole nitrogens is 1. The van der Waals surface area contributed by atoms with Gasteiger partial charge in [-0.15, -0.1) is 10.2 Å². The van der Waals surface area contributed by atoms with Crippen LogP contribution in [-0.2, 0) is 0 Å². The van der Waals surface area contributed by atoms with Crippen LogP contribution in [0, 0.1) is 0 Å². The Morgan fingerprint density at radius 2 is 2.29 bits per heavy atom. The third-order valence-electron chi connectivity index (χ3n) is 2.14. The topological polar surface area (TPSA) is 95.0 Å². The summed E-state index contributed by atoms with van der Waals surface area (Å²) < 4.78 is 0. The summed E-state index contributed by atoms with van der Waals surface area (Å²) in [5.74, 6) is -0.383. The number of carbonyl (C=O) groups excluding carboxylic acids is 1. The van der Waals surface area contributed by atoms with Crippen molar-refractivity contribution in [2.75, 3.05) is 13.7 Å². The van der Waals surface area contributed by atoms with Gasteiger partial charge in [0.05, 0.1) is 12.1 Å². The van der Waals surface area contributed by atoms with Gasteiger partial charge >= 0.3 is 0 Å². The maximum Gasteiger partial charge on any atom is 0.295 e. The average Bonchev–Trinajstić information content (AvgIpc) is 2.68. The lowest BCUT2D eigenvalue weighted by Crippen LogP contribution is -2.48. The van der Waals surface area contributed by atoms with E-state index in [4.69, 9.17) is 5.11 Å². The van der Waals surface area contributed by atoms with E-state index >= 15 is 0 Å². The van der Waals surface area contributed by atoms with Crippen molar-refractivity contribution in [2.45, 2.75) is 19.4 Å². The molecule has 7 heteroatoms. The number of hydrogen-bond acceptors (Lipinski definition) is 5. The lowest BCUT2D eigenvalue weighted by atomic mass is 10.1. The van der Waals surface area contributed by atoms with Crippen molar-refractivity contribution in [2.24, 2.45) is 0 Å². The zero-order valence-electron chi connectivity index (χ0n) is 8.35. The van der Waals surface area contributed by atoms with Crippen LogP contribution in [0.1, 0.15) is 24.5 Å². The maximum atomic E-state index is 11.6. The Balaban J connectivity index is 2.81. The fourth-order valence-corrected chi connectivity index (χ4v) is 0.783. The normalized spacial score (nSPS) is 11.4. The average molecular weight is 199 g/mol. The number of carbonyl (C=O) groups is 1. The molecule has 0 bridgehead atoms. The van der Waals surface area contributed by atoms with E-state index in [2.05, 4.69) is 20.6 Å². The number of hydrogen-bond donors (Lipinski definition) is 2. The summed E-state index contributed by atoms with van der Waals surface area (Å²) in [4.78, 5) is 13.0. The molecule has 1 aromatic rings. The second-order valence-electron chi connectivity index (χ2n) is 3.57. The van der Waals surface area contributed by atoms with Crippen LogP contribution >= 0.6 is 0 Å². The molecular formula is C7H13N5O2. The quantitative estimate of drug-likeness (QED) is 0.654. The van der Waals surface area contributed by atoms with Gasteiger partial charge in [-0.3, -0.25) is 4.79 Å². The first-order valence-corrected chi connectivity index (χ1v) is 4.11. The van der Waals surface area contributed by atoms with E-state index in [1.807, 2.05) is 0 Å². The Morgan fingerprint density at radius 3 is 2.71 bits per heavy atom. The number of likely N-dealkylation sites (N-methyl/N-ethyl adjacent to an activating group) is 1. The first kappa shape index (κ1) is 10.6. The number of nitrogens with one attached hydrogen (secondary N) is 1. The summed E-state index contributed by atoms with van der Waals surface area (Å²) in [5.41, 5.74) is -0.641. The number of amides is 1. The van der Waals surface area contributed by atoms with Gasteiger partial charge in [0.1, 0.15) is 0 Å². The first-order valence-electron chi connectivity index (χ1n) is 4.11. The SMILES string of the molecule is CN(C(=O)c1nn[nH]n1)C(C)(C)CO. The fraction of sp³-hybridized carbons (Fsp3) is 0.714. The van der Waals surface area contributed by atoms with Crippen LogP contribution in [-0.4, -0.2) is 55.7 Å². The second-order valence-corrected chi connectivity index (χ2v) is 3.57. The fourth-order valence-electron chi connectivity index (χ4n) is 0.783. The standard InChI is InChI=1S/C7H13N5O2/c1-7(2,4-13)12(3)6(14)5-8-10-11-9-5/h13H,4H2,1-3H3,(H,8,9,10,11). The molecule has 0 saturated carbocycles. The largest absolute Gasteiger partial charge is 0.394 e. The van der Waals surface area contributed by atoms with Crippen LogP contribution in [0.4, 0.5) is 0 Å². The molecule has 0 radical (unpaired) electrons. The van der Waals surface area contributed by atoms with Gasteiger partial charge in [0.2, 0.25) is 0 Å². The predicted molar refractivity (Wildman–Crippen MR) is 47.4 cm³/mol. The summed E-state index contributed by atoms with van der Waals surface area (Å²) in [7, 11) is 1.58. The van der Waals surface area contributed by atoms with E-state index in [1.54, 1.807) is 20.9 Å². The van der Waals surface area contributed by atoms with Crippen LogP contribution in [0.2, 0.25) is 0 Å². The van der Waals surface area contributed by atoms with Crippen molar-refractivity contribution < 1.29 is 9.90 Å². The molecule has 78 valence electrons. The smallest absolute Gasteiger partial charge is 0.295 e. The van der Waals surface area contributed by atoms with Gasteiger partial charge in [0.25, 0.3) is 11.7 Å². The summed E-state index contributed by atoms with van der Waals surface area (Å²) >= 11 is 0. The first-order chi connectivity index (χ1) is 6.49. The van der Waals surface area contributed by atoms with E-state index in [-0.39, 0.29) is 18.3 Å². The summed E-state index contributed by atoms with van der Waals surface area (Å²) in [6.45, 7) is 3.35. The highest BCUT2D eigenvalue weighted by atomic mass is 16.3. The van der Waals surface area contributed by atoms with E-state index < -0.39 is 5.54 Å². The van der Waals surface area contributed by atoms with Gasteiger partial charge in [-0.1, -0.05) is 0 Å². The highest BCUT2D eigenvalue weighted by Gasteiger charge is 2.29. The molecule has 0 aliphatic carbocycles. The predicted octanol–water partition coefficient (Wildman–Crippen LogP) is -0.957. The van der Waals surface area contributed by atoms with Crippen molar-refractivity contribution in [3.8, 4) is 0 Å². The Kier molecular flexibility index (Phi) is 2.80. The van der Waals surface area contributed by atoms with Crippen LogP contribution in [0.15, 0.2) is 0 Å². The minimum absolute atomic E-state index is 0.00553. The lowest BCUT2D eigenvalue weighted by molar-refractivity contribution is 0.0462. The molecule has 0 spiro atoms. The van der Waals surface area contributed by atoms with Gasteiger partial charge in [0, 0.05) is 7.05 Å². The molecule has 14 heavy (non-hydrogen) atoms. The molecular weight excluding hydrogens is 186 g/mol. The van der Waals surface area contributed by atoms with E-state index in [9.17, 15) is 4.79 Å². The van der Waals surface area contributed by atoms with Crippen molar-refractivity contribution in [3.63, 3.8) is 0 Å². The van der Waals surface area contributed by atoms with Gasteiger partial charge in [-0.2, -0.15) is 5.21 Å². The molecule has 1 amide bonds. The molecule has 1 heterocycles. The molecule has 0 unspecified atom stereocenters. The molecule has 0 aliphatic rings. The van der Waals surface area contributed by atoms with Crippen LogP contribution in [0.5, 0.6) is 0 Å². The van der Waals surface area contributed by atoms with Crippen LogP contribution < -0.4 is 0 Å². The molecule has 2 N–H and O–H groups in total. The van der Waals surface area contributed by atoms with Gasteiger partial charge in [-0.25, -0.2) is 0 Å². The molecule has 0 fully saturated rings. The minimum atomic E-state index is -0.641. The molecule has 0 aromatic carbocycles. The number of aliphatic hydroxyl groups is 1. The van der Waals surface area contributed by atoms with E-state index in [0.717, 1.165) is 0 Å². The highest BCUT2D eigenvalue weighted by Crippen LogP contribution is 2.12. The molecule has 1 aromatic heterocycles. The number of rotatable bonds is 3. The summed E-state index contributed by atoms with van der Waals surface area (Å²) in [5, 5.41) is 21.7. The molecule has 0 aliphatic heterocycles. The lowest BCUT2D eigenvalue weighted by Gasteiger charge is -2.32.